The summed E-state index contributed by atoms with van der Waals surface area (Å²) in [5.74, 6) is -0.0133. The minimum Gasteiger partial charge on any atom is -0.509 e. The quantitative estimate of drug-likeness (QED) is 0.381. The molecular weight excluding hydrogens is 174 g/mol. The molecule has 0 spiro atoms. The van der Waals surface area contributed by atoms with Crippen LogP contribution >= 0.6 is 0 Å². The molecule has 0 aliphatic carbocycles. The third-order valence-electron chi connectivity index (χ3n) is 2.96. The van der Waals surface area contributed by atoms with Gasteiger partial charge >= 0.3 is 7.12 Å². The smallest absolute Gasteiger partial charge is 0.491 e. The number of phenols is 1. The fourth-order valence-corrected chi connectivity index (χ4v) is 1.64. The first-order valence-electron chi connectivity index (χ1n) is 4.53. The molecule has 0 amide bonds. The Morgan fingerprint density at radius 1 is 0.786 bits per heavy atom. The lowest BCUT2D eigenvalue weighted by molar-refractivity contribution is 0.420. The van der Waals surface area contributed by atoms with Crippen molar-refractivity contribution in [1.29, 1.82) is 0 Å². The van der Waals surface area contributed by atoms with Crippen molar-refractivity contribution >= 4 is 65.8 Å². The van der Waals surface area contributed by atoms with Crippen molar-refractivity contribution in [2.45, 2.75) is 0 Å². The molecule has 0 aliphatic heterocycles. The topological polar surface area (TPSA) is 60.7 Å². The number of aromatic hydroxyl groups is 1. The monoisotopic (exact) mass is 186 g/mol. The lowest BCUT2D eigenvalue weighted by Gasteiger charge is -2.17. The van der Waals surface area contributed by atoms with Crippen molar-refractivity contribution in [3.8, 4) is 5.75 Å². The first-order valence-corrected chi connectivity index (χ1v) is 4.53. The normalized spacial score (nSPS) is 10.1. The molecule has 1 rings (SSSR count). The summed E-state index contributed by atoms with van der Waals surface area (Å²) in [5.41, 5.74) is 3.63. The van der Waals surface area contributed by atoms with Crippen LogP contribution in [0, 0.1) is 0 Å². The Morgan fingerprint density at radius 3 is 1.64 bits per heavy atom. The molecule has 0 unspecified atom stereocenters. The van der Waals surface area contributed by atoms with E-state index in [-0.39, 0.29) is 11.2 Å². The second-order valence-electron chi connectivity index (χ2n) is 3.64. The van der Waals surface area contributed by atoms with Crippen LogP contribution in [-0.4, -0.2) is 53.7 Å². The first kappa shape index (κ1) is 11.3. The van der Waals surface area contributed by atoms with E-state index in [4.69, 9.17) is 10.0 Å². The van der Waals surface area contributed by atoms with E-state index in [0.29, 0.717) is 5.46 Å². The number of hydrogen-bond donors (Lipinski definition) is 3. The van der Waals surface area contributed by atoms with E-state index in [9.17, 15) is 5.11 Å². The second-order valence-corrected chi connectivity index (χ2v) is 3.64. The van der Waals surface area contributed by atoms with Crippen molar-refractivity contribution in [3.63, 3.8) is 0 Å². The largest absolute Gasteiger partial charge is 0.509 e. The Morgan fingerprint density at radius 2 is 1.21 bits per heavy atom. The van der Waals surface area contributed by atoms with Gasteiger partial charge in [0.05, 0.1) is 0 Å². The van der Waals surface area contributed by atoms with Gasteiger partial charge in [0, 0.05) is 5.46 Å². The molecule has 0 radical (unpaired) electrons. The average Bonchev–Trinajstić information content (AvgIpc) is 2.11. The summed E-state index contributed by atoms with van der Waals surface area (Å²) < 4.78 is 0. The van der Waals surface area contributed by atoms with Crippen molar-refractivity contribution in [2.24, 2.45) is 0 Å². The van der Waals surface area contributed by atoms with E-state index in [1.807, 2.05) is 15.7 Å². The molecule has 0 fully saturated rings. The standard InChI is InChI=1S/C6H11B5O3/c7-1-2(8)4(10)6(12)5(3(1)9)11(13)14/h12-14H,7-10H2. The summed E-state index contributed by atoms with van der Waals surface area (Å²) in [5, 5.41) is 28.0. The van der Waals surface area contributed by atoms with Gasteiger partial charge in [0.25, 0.3) is 0 Å². The minimum atomic E-state index is -1.62. The van der Waals surface area contributed by atoms with Gasteiger partial charge in [0.1, 0.15) is 37.1 Å². The highest BCUT2D eigenvalue weighted by atomic mass is 16.4. The summed E-state index contributed by atoms with van der Waals surface area (Å²) in [6, 6.07) is 0. The zero-order chi connectivity index (χ0) is 11.0. The molecule has 3 N–H and O–H groups in total. The highest BCUT2D eigenvalue weighted by molar-refractivity contribution is 6.73. The molecule has 1 aromatic rings. The highest BCUT2D eigenvalue weighted by Gasteiger charge is 2.22. The van der Waals surface area contributed by atoms with Crippen molar-refractivity contribution in [1.82, 2.24) is 0 Å². The van der Waals surface area contributed by atoms with Gasteiger partial charge in [-0.1, -0.05) is 16.4 Å². The number of hydrogen-bond acceptors (Lipinski definition) is 3. The maximum Gasteiger partial charge on any atom is 0.491 e. The summed E-state index contributed by atoms with van der Waals surface area (Å²) in [7, 11) is 5.74. The van der Waals surface area contributed by atoms with E-state index in [1.54, 1.807) is 15.7 Å². The van der Waals surface area contributed by atoms with Crippen LogP contribution in [0.1, 0.15) is 0 Å². The first-order chi connectivity index (χ1) is 6.37. The van der Waals surface area contributed by atoms with Crippen LogP contribution in [-0.2, 0) is 0 Å². The molecule has 8 heteroatoms. The van der Waals surface area contributed by atoms with E-state index in [2.05, 4.69) is 0 Å². The summed E-state index contributed by atoms with van der Waals surface area (Å²) >= 11 is 0. The molecule has 68 valence electrons. The second kappa shape index (κ2) is 3.79. The van der Waals surface area contributed by atoms with E-state index < -0.39 is 7.12 Å². The van der Waals surface area contributed by atoms with Gasteiger partial charge < -0.3 is 15.2 Å². The van der Waals surface area contributed by atoms with Crippen LogP contribution in [0.4, 0.5) is 0 Å². The van der Waals surface area contributed by atoms with Crippen LogP contribution in [0.5, 0.6) is 5.75 Å². The van der Waals surface area contributed by atoms with Crippen molar-refractivity contribution in [3.05, 3.63) is 0 Å². The number of phenolic OH excluding ortho intramolecular Hbond substituents is 1. The zero-order valence-corrected chi connectivity index (χ0v) is 8.92. The Labute approximate surface area is 87.3 Å². The molecule has 0 atom stereocenters. The molecule has 0 aliphatic rings. The molecular formula is C6H11B5O3. The van der Waals surface area contributed by atoms with E-state index in [1.165, 1.54) is 0 Å². The third kappa shape index (κ3) is 1.60. The summed E-state index contributed by atoms with van der Waals surface area (Å²) in [6.07, 6.45) is 0. The summed E-state index contributed by atoms with van der Waals surface area (Å²) in [6.45, 7) is 0. The minimum absolute atomic E-state index is 0.0133. The van der Waals surface area contributed by atoms with Crippen LogP contribution in [0.15, 0.2) is 0 Å². The van der Waals surface area contributed by atoms with E-state index >= 15 is 0 Å². The van der Waals surface area contributed by atoms with Gasteiger partial charge in [-0.2, -0.15) is 0 Å². The number of benzene rings is 1. The van der Waals surface area contributed by atoms with Gasteiger partial charge in [-0.15, -0.1) is 5.46 Å². The summed E-state index contributed by atoms with van der Waals surface area (Å²) in [4.78, 5) is 0. The predicted molar refractivity (Wildman–Crippen MR) is 70.6 cm³/mol. The molecule has 0 saturated heterocycles. The van der Waals surface area contributed by atoms with Gasteiger partial charge in [0.15, 0.2) is 0 Å². The highest BCUT2D eigenvalue weighted by Crippen LogP contribution is 1.94. The van der Waals surface area contributed by atoms with Crippen LogP contribution in [0.25, 0.3) is 0 Å². The van der Waals surface area contributed by atoms with Gasteiger partial charge in [-0.05, 0) is 0 Å². The van der Waals surface area contributed by atoms with Crippen LogP contribution in [0.3, 0.4) is 0 Å². The predicted octanol–water partition coefficient (Wildman–Crippen LogP) is -7.89. The van der Waals surface area contributed by atoms with Gasteiger partial charge in [-0.3, -0.25) is 0 Å². The fraction of sp³-hybridized carbons (Fsp3) is 0. The zero-order valence-electron chi connectivity index (χ0n) is 8.92. The van der Waals surface area contributed by atoms with Gasteiger partial charge in [0.2, 0.25) is 0 Å². The molecule has 0 heterocycles. The average molecular weight is 185 g/mol. The molecule has 0 bridgehead atoms. The molecule has 14 heavy (non-hydrogen) atoms. The number of rotatable bonds is 1. The third-order valence-corrected chi connectivity index (χ3v) is 2.96. The Balaban J connectivity index is 3.60. The van der Waals surface area contributed by atoms with Crippen molar-refractivity contribution < 1.29 is 15.2 Å². The lowest BCUT2D eigenvalue weighted by atomic mass is 9.59. The van der Waals surface area contributed by atoms with E-state index in [0.717, 1.165) is 16.4 Å². The molecule has 0 saturated carbocycles. The molecule has 1 aromatic carbocycles. The Bertz CT molecular complexity index is 349. The SMILES string of the molecule is Bc1c(B)c(B)c(B(O)O)c(O)c1B. The molecule has 0 aromatic heterocycles. The maximum atomic E-state index is 9.73. The van der Waals surface area contributed by atoms with Gasteiger partial charge in [-0.25, -0.2) is 0 Å². The molecule has 3 nitrogen and oxygen atoms in total. The lowest BCUT2D eigenvalue weighted by Crippen LogP contribution is -2.58. The maximum absolute atomic E-state index is 9.73. The van der Waals surface area contributed by atoms with Crippen LogP contribution < -0.4 is 27.3 Å². The van der Waals surface area contributed by atoms with Crippen molar-refractivity contribution in [2.75, 3.05) is 0 Å². The Kier molecular flexibility index (Phi) is 3.07. The van der Waals surface area contributed by atoms with Crippen LogP contribution in [0.2, 0.25) is 0 Å². The Hall–Kier alpha value is -0.735. The fourth-order valence-electron chi connectivity index (χ4n) is 1.64.